The standard InChI is InChI=1S/C17H14O3/c1-11-8-13(19-2)9-15-16(11)17(18)14(10-20-15)12-6-4-3-5-7-12/h3-10H,1-2H3. The summed E-state index contributed by atoms with van der Waals surface area (Å²) in [5.41, 5.74) is 2.82. The average molecular weight is 266 g/mol. The van der Waals surface area contributed by atoms with Crippen LogP contribution in [0.5, 0.6) is 5.75 Å². The van der Waals surface area contributed by atoms with Gasteiger partial charge in [0.2, 0.25) is 5.43 Å². The first-order valence-electron chi connectivity index (χ1n) is 6.36. The maximum absolute atomic E-state index is 12.6. The number of ether oxygens (including phenoxy) is 1. The summed E-state index contributed by atoms with van der Waals surface area (Å²) >= 11 is 0. The number of fused-ring (bicyclic) bond motifs is 1. The number of benzene rings is 2. The van der Waals surface area contributed by atoms with Crippen molar-refractivity contribution in [3.05, 3.63) is 64.5 Å². The van der Waals surface area contributed by atoms with Gasteiger partial charge in [-0.2, -0.15) is 0 Å². The topological polar surface area (TPSA) is 39.4 Å². The largest absolute Gasteiger partial charge is 0.497 e. The SMILES string of the molecule is COc1cc(C)c2c(=O)c(-c3ccccc3)coc2c1. The predicted octanol–water partition coefficient (Wildman–Crippen LogP) is 3.78. The summed E-state index contributed by atoms with van der Waals surface area (Å²) in [5.74, 6) is 0.686. The molecule has 2 aromatic carbocycles. The van der Waals surface area contributed by atoms with Crippen molar-refractivity contribution in [1.29, 1.82) is 0 Å². The average Bonchev–Trinajstić information content (AvgIpc) is 2.48. The Bertz CT molecular complexity index is 817. The summed E-state index contributed by atoms with van der Waals surface area (Å²) < 4.78 is 10.8. The molecule has 100 valence electrons. The second-order valence-corrected chi connectivity index (χ2v) is 4.66. The number of rotatable bonds is 2. The van der Waals surface area contributed by atoms with E-state index in [-0.39, 0.29) is 5.43 Å². The molecule has 0 radical (unpaired) electrons. The molecule has 3 aromatic rings. The van der Waals surface area contributed by atoms with E-state index in [2.05, 4.69) is 0 Å². The highest BCUT2D eigenvalue weighted by Crippen LogP contribution is 2.25. The third-order valence-electron chi connectivity index (χ3n) is 3.37. The Labute approximate surface area is 116 Å². The van der Waals surface area contributed by atoms with Gasteiger partial charge in [-0.1, -0.05) is 30.3 Å². The van der Waals surface area contributed by atoms with Crippen LogP contribution in [0.25, 0.3) is 22.1 Å². The highest BCUT2D eigenvalue weighted by atomic mass is 16.5. The molecule has 3 heteroatoms. The Hall–Kier alpha value is -2.55. The quantitative estimate of drug-likeness (QED) is 0.708. The Morgan fingerprint density at radius 2 is 1.85 bits per heavy atom. The molecule has 0 aliphatic rings. The lowest BCUT2D eigenvalue weighted by atomic mass is 10.0. The molecule has 0 aliphatic carbocycles. The minimum absolute atomic E-state index is 0.0161. The Balaban J connectivity index is 2.32. The summed E-state index contributed by atoms with van der Waals surface area (Å²) in [4.78, 5) is 12.6. The van der Waals surface area contributed by atoms with Gasteiger partial charge in [-0.3, -0.25) is 4.79 Å². The number of methoxy groups -OCH3 is 1. The van der Waals surface area contributed by atoms with Crippen LogP contribution in [0.15, 0.2) is 57.9 Å². The van der Waals surface area contributed by atoms with Crippen LogP contribution in [0.2, 0.25) is 0 Å². The molecule has 0 spiro atoms. The van der Waals surface area contributed by atoms with Gasteiger partial charge in [0.1, 0.15) is 17.6 Å². The molecule has 3 nitrogen and oxygen atoms in total. The van der Waals surface area contributed by atoms with Crippen molar-refractivity contribution in [3.63, 3.8) is 0 Å². The van der Waals surface area contributed by atoms with Crippen LogP contribution in [0, 0.1) is 6.92 Å². The first-order chi connectivity index (χ1) is 9.70. The molecule has 0 aliphatic heterocycles. The zero-order chi connectivity index (χ0) is 14.1. The molecule has 0 saturated carbocycles. The van der Waals surface area contributed by atoms with E-state index in [1.54, 1.807) is 13.2 Å². The molecule has 0 N–H and O–H groups in total. The maximum atomic E-state index is 12.6. The Kier molecular flexibility index (Phi) is 3.03. The van der Waals surface area contributed by atoms with Gasteiger partial charge in [-0.25, -0.2) is 0 Å². The molecule has 1 aromatic heterocycles. The van der Waals surface area contributed by atoms with Crippen molar-refractivity contribution in [2.24, 2.45) is 0 Å². The molecule has 0 unspecified atom stereocenters. The molecular formula is C17H14O3. The minimum Gasteiger partial charge on any atom is -0.497 e. The molecule has 0 atom stereocenters. The molecule has 0 fully saturated rings. The number of hydrogen-bond acceptors (Lipinski definition) is 3. The third kappa shape index (κ3) is 1.97. The zero-order valence-corrected chi connectivity index (χ0v) is 11.3. The van der Waals surface area contributed by atoms with Crippen LogP contribution in [0.4, 0.5) is 0 Å². The second-order valence-electron chi connectivity index (χ2n) is 4.66. The first-order valence-corrected chi connectivity index (χ1v) is 6.36. The third-order valence-corrected chi connectivity index (χ3v) is 3.37. The zero-order valence-electron chi connectivity index (χ0n) is 11.3. The van der Waals surface area contributed by atoms with Gasteiger partial charge in [0, 0.05) is 6.07 Å². The van der Waals surface area contributed by atoms with E-state index in [9.17, 15) is 4.79 Å². The molecule has 0 saturated heterocycles. The summed E-state index contributed by atoms with van der Waals surface area (Å²) in [6.07, 6.45) is 1.51. The predicted molar refractivity (Wildman–Crippen MR) is 79.2 cm³/mol. The molecule has 20 heavy (non-hydrogen) atoms. The van der Waals surface area contributed by atoms with Crippen LogP contribution in [0.3, 0.4) is 0 Å². The van der Waals surface area contributed by atoms with Crippen LogP contribution in [0.1, 0.15) is 5.56 Å². The Morgan fingerprint density at radius 1 is 1.10 bits per heavy atom. The van der Waals surface area contributed by atoms with Crippen LogP contribution < -0.4 is 10.2 Å². The second kappa shape index (κ2) is 4.85. The van der Waals surface area contributed by atoms with Crippen molar-refractivity contribution in [2.45, 2.75) is 6.92 Å². The normalized spacial score (nSPS) is 10.7. The van der Waals surface area contributed by atoms with Gasteiger partial charge < -0.3 is 9.15 Å². The van der Waals surface area contributed by atoms with Gasteiger partial charge in [0.15, 0.2) is 0 Å². The van der Waals surface area contributed by atoms with Gasteiger partial charge >= 0.3 is 0 Å². The number of hydrogen-bond donors (Lipinski definition) is 0. The van der Waals surface area contributed by atoms with Crippen LogP contribution >= 0.6 is 0 Å². The van der Waals surface area contributed by atoms with Gasteiger partial charge in [0.05, 0.1) is 18.1 Å². The van der Waals surface area contributed by atoms with Crippen molar-refractivity contribution in [1.82, 2.24) is 0 Å². The molecular weight excluding hydrogens is 252 g/mol. The monoisotopic (exact) mass is 266 g/mol. The first kappa shape index (κ1) is 12.5. The Morgan fingerprint density at radius 3 is 2.55 bits per heavy atom. The van der Waals surface area contributed by atoms with Crippen LogP contribution in [-0.4, -0.2) is 7.11 Å². The fraction of sp³-hybridized carbons (Fsp3) is 0.118. The van der Waals surface area contributed by atoms with E-state index in [0.29, 0.717) is 22.3 Å². The van der Waals surface area contributed by atoms with E-state index in [1.807, 2.05) is 43.3 Å². The highest BCUT2D eigenvalue weighted by Gasteiger charge is 2.12. The van der Waals surface area contributed by atoms with E-state index >= 15 is 0 Å². The van der Waals surface area contributed by atoms with Crippen molar-refractivity contribution in [2.75, 3.05) is 7.11 Å². The van der Waals surface area contributed by atoms with E-state index in [0.717, 1.165) is 11.1 Å². The fourth-order valence-corrected chi connectivity index (χ4v) is 2.35. The summed E-state index contributed by atoms with van der Waals surface area (Å²) in [6, 6.07) is 13.1. The van der Waals surface area contributed by atoms with Crippen molar-refractivity contribution < 1.29 is 9.15 Å². The van der Waals surface area contributed by atoms with Gasteiger partial charge in [-0.05, 0) is 24.1 Å². The van der Waals surface area contributed by atoms with Crippen molar-refractivity contribution in [3.8, 4) is 16.9 Å². The fourth-order valence-electron chi connectivity index (χ4n) is 2.35. The highest BCUT2D eigenvalue weighted by molar-refractivity contribution is 5.85. The summed E-state index contributed by atoms with van der Waals surface area (Å²) in [6.45, 7) is 1.89. The minimum atomic E-state index is -0.0161. The van der Waals surface area contributed by atoms with E-state index in [4.69, 9.17) is 9.15 Å². The summed E-state index contributed by atoms with van der Waals surface area (Å²) in [7, 11) is 1.59. The lowest BCUT2D eigenvalue weighted by Gasteiger charge is -2.07. The van der Waals surface area contributed by atoms with Gasteiger partial charge in [0.25, 0.3) is 0 Å². The molecule has 3 rings (SSSR count). The lowest BCUT2D eigenvalue weighted by Crippen LogP contribution is -2.06. The van der Waals surface area contributed by atoms with E-state index < -0.39 is 0 Å². The molecule has 1 heterocycles. The van der Waals surface area contributed by atoms with Crippen molar-refractivity contribution >= 4 is 11.0 Å². The van der Waals surface area contributed by atoms with Gasteiger partial charge in [-0.15, -0.1) is 0 Å². The summed E-state index contributed by atoms with van der Waals surface area (Å²) in [5, 5.41) is 0.604. The maximum Gasteiger partial charge on any atom is 0.200 e. The lowest BCUT2D eigenvalue weighted by molar-refractivity contribution is 0.414. The number of aryl methyl sites for hydroxylation is 1. The van der Waals surface area contributed by atoms with Crippen LogP contribution in [-0.2, 0) is 0 Å². The van der Waals surface area contributed by atoms with E-state index in [1.165, 1.54) is 6.26 Å². The molecule has 0 bridgehead atoms. The smallest absolute Gasteiger partial charge is 0.200 e. The molecule has 0 amide bonds.